The second-order valence-corrected chi connectivity index (χ2v) is 15.0. The van der Waals surface area contributed by atoms with Crippen LogP contribution in [0.5, 0.6) is 0 Å². The number of phosphoric acid groups is 1. The van der Waals surface area contributed by atoms with Crippen LogP contribution in [-0.4, -0.2) is 49.3 Å². The van der Waals surface area contributed by atoms with Crippen LogP contribution < -0.4 is 5.73 Å². The van der Waals surface area contributed by atoms with E-state index in [1.165, 1.54) is 89.9 Å². The Morgan fingerprint density at radius 1 is 0.588 bits per heavy atom. The van der Waals surface area contributed by atoms with E-state index in [9.17, 15) is 19.0 Å². The zero-order chi connectivity index (χ0) is 37.5. The number of carbonyl (C=O) groups excluding carboxylic acids is 2. The zero-order valence-corrected chi connectivity index (χ0v) is 33.5. The van der Waals surface area contributed by atoms with Gasteiger partial charge in [0, 0.05) is 19.4 Å². The molecule has 0 aliphatic heterocycles. The lowest BCUT2D eigenvalue weighted by Gasteiger charge is -2.19. The van der Waals surface area contributed by atoms with E-state index in [4.69, 9.17) is 24.3 Å². The van der Waals surface area contributed by atoms with E-state index in [1.807, 2.05) is 0 Å². The minimum absolute atomic E-state index is 0.0505. The maximum atomic E-state index is 12.5. The van der Waals surface area contributed by atoms with Crippen molar-refractivity contribution in [1.82, 2.24) is 0 Å². The molecule has 0 aromatic carbocycles. The molecule has 0 rings (SSSR count). The van der Waals surface area contributed by atoms with Gasteiger partial charge in [0.25, 0.3) is 0 Å². The van der Waals surface area contributed by atoms with E-state index in [1.54, 1.807) is 0 Å². The van der Waals surface area contributed by atoms with Gasteiger partial charge in [-0.15, -0.1) is 0 Å². The Labute approximate surface area is 312 Å². The predicted octanol–water partition coefficient (Wildman–Crippen LogP) is 11.4. The number of allylic oxidation sites excluding steroid dienone is 6. The molecule has 0 saturated heterocycles. The van der Waals surface area contributed by atoms with Crippen molar-refractivity contribution in [1.29, 1.82) is 0 Å². The first-order chi connectivity index (χ1) is 24.8. The highest BCUT2D eigenvalue weighted by Crippen LogP contribution is 2.43. The fourth-order valence-corrected chi connectivity index (χ4v) is 6.23. The Bertz CT molecular complexity index is 939. The van der Waals surface area contributed by atoms with Gasteiger partial charge >= 0.3 is 19.8 Å². The SMILES string of the molecule is CCCCC/C=C/C/C=C/C/C=C/CCCCCCC(=O)OC[C@H](COP(=O)(O)OCCN)OC(=O)CCCCCCCCCCCCCCC. The molecule has 2 atom stereocenters. The summed E-state index contributed by atoms with van der Waals surface area (Å²) in [5, 5.41) is 0. The molecule has 1 unspecified atom stereocenters. The molecule has 0 fully saturated rings. The van der Waals surface area contributed by atoms with E-state index in [0.29, 0.717) is 12.8 Å². The van der Waals surface area contributed by atoms with Crippen molar-refractivity contribution in [2.45, 2.75) is 187 Å². The Hall–Kier alpha value is -1.77. The molecule has 0 aliphatic rings. The van der Waals surface area contributed by atoms with Crippen LogP contribution >= 0.6 is 7.82 Å². The summed E-state index contributed by atoms with van der Waals surface area (Å²) in [4.78, 5) is 34.8. The van der Waals surface area contributed by atoms with Crippen LogP contribution in [0.2, 0.25) is 0 Å². The van der Waals surface area contributed by atoms with E-state index in [2.05, 4.69) is 50.3 Å². The van der Waals surface area contributed by atoms with Crippen LogP contribution in [0, 0.1) is 0 Å². The Kier molecular flexibility index (Phi) is 36.7. The molecule has 0 aliphatic carbocycles. The molecular formula is C41H76NO8P. The Morgan fingerprint density at radius 3 is 1.55 bits per heavy atom. The number of hydrogen-bond acceptors (Lipinski definition) is 8. The molecule has 0 aromatic heterocycles. The van der Waals surface area contributed by atoms with Crippen molar-refractivity contribution in [3.05, 3.63) is 36.5 Å². The maximum Gasteiger partial charge on any atom is 0.472 e. The van der Waals surface area contributed by atoms with Gasteiger partial charge in [-0.1, -0.05) is 153 Å². The van der Waals surface area contributed by atoms with Gasteiger partial charge in [0.05, 0.1) is 13.2 Å². The van der Waals surface area contributed by atoms with Gasteiger partial charge in [0.15, 0.2) is 6.10 Å². The van der Waals surface area contributed by atoms with Gasteiger partial charge in [-0.3, -0.25) is 18.6 Å². The first kappa shape index (κ1) is 49.2. The molecule has 298 valence electrons. The number of carbonyl (C=O) groups is 2. The highest BCUT2D eigenvalue weighted by atomic mass is 31.2. The molecular weight excluding hydrogens is 665 g/mol. The smallest absolute Gasteiger partial charge is 0.462 e. The Morgan fingerprint density at radius 2 is 1.02 bits per heavy atom. The van der Waals surface area contributed by atoms with Crippen molar-refractivity contribution in [3.8, 4) is 0 Å². The maximum absolute atomic E-state index is 12.5. The number of hydrogen-bond donors (Lipinski definition) is 2. The summed E-state index contributed by atoms with van der Waals surface area (Å²) in [6, 6.07) is 0. The van der Waals surface area contributed by atoms with E-state index >= 15 is 0 Å². The van der Waals surface area contributed by atoms with Crippen molar-refractivity contribution >= 4 is 19.8 Å². The van der Waals surface area contributed by atoms with Gasteiger partial charge in [-0.2, -0.15) is 0 Å². The molecule has 0 spiro atoms. The summed E-state index contributed by atoms with van der Waals surface area (Å²) in [7, 11) is -4.38. The molecule has 10 heteroatoms. The third-order valence-corrected chi connectivity index (χ3v) is 9.51. The molecule has 51 heavy (non-hydrogen) atoms. The van der Waals surface area contributed by atoms with Gasteiger partial charge in [-0.05, 0) is 51.4 Å². The first-order valence-corrected chi connectivity index (χ1v) is 22.0. The number of unbranched alkanes of at least 4 members (excludes halogenated alkanes) is 19. The summed E-state index contributed by atoms with van der Waals surface area (Å²) in [5.41, 5.74) is 5.34. The molecule has 0 saturated carbocycles. The molecule has 3 N–H and O–H groups in total. The van der Waals surface area contributed by atoms with Gasteiger partial charge in [0.2, 0.25) is 0 Å². The minimum Gasteiger partial charge on any atom is -0.462 e. The monoisotopic (exact) mass is 742 g/mol. The molecule has 9 nitrogen and oxygen atoms in total. The quantitative estimate of drug-likeness (QED) is 0.0274. The molecule has 0 aromatic rings. The van der Waals surface area contributed by atoms with Gasteiger partial charge < -0.3 is 20.1 Å². The largest absolute Gasteiger partial charge is 0.472 e. The summed E-state index contributed by atoms with van der Waals surface area (Å²) >= 11 is 0. The van der Waals surface area contributed by atoms with Crippen molar-refractivity contribution in [3.63, 3.8) is 0 Å². The number of rotatable bonds is 38. The lowest BCUT2D eigenvalue weighted by atomic mass is 10.0. The van der Waals surface area contributed by atoms with Crippen LogP contribution in [0.1, 0.15) is 181 Å². The van der Waals surface area contributed by atoms with Gasteiger partial charge in [-0.25, -0.2) is 4.57 Å². The Balaban J connectivity index is 4.22. The summed E-state index contributed by atoms with van der Waals surface area (Å²) in [6.45, 7) is 3.67. The molecule has 0 bridgehead atoms. The van der Waals surface area contributed by atoms with Crippen molar-refractivity contribution < 1.29 is 37.6 Å². The molecule has 0 heterocycles. The fourth-order valence-electron chi connectivity index (χ4n) is 5.46. The topological polar surface area (TPSA) is 134 Å². The van der Waals surface area contributed by atoms with Gasteiger partial charge in [0.1, 0.15) is 6.61 Å². The van der Waals surface area contributed by atoms with Crippen LogP contribution in [0.3, 0.4) is 0 Å². The lowest BCUT2D eigenvalue weighted by Crippen LogP contribution is -2.29. The fraction of sp³-hybridized carbons (Fsp3) is 0.805. The standard InChI is InChI=1S/C41H76NO8P/c1-3-5-7-9-11-13-15-17-18-19-20-22-23-25-27-29-31-33-40(43)47-37-39(38-49-51(45,46)48-36-35-42)50-41(44)34-32-30-28-26-24-21-16-14-12-10-8-6-4-2/h11,13,17-18,20,22,39H,3-10,12,14-16,19,21,23-38,42H2,1-2H3,(H,45,46)/b13-11+,18-17+,22-20+/t39-/m1/s1. The van der Waals surface area contributed by atoms with E-state index in [-0.39, 0.29) is 32.6 Å². The summed E-state index contributed by atoms with van der Waals surface area (Å²) in [5.74, 6) is -0.852. The predicted molar refractivity (Wildman–Crippen MR) is 210 cm³/mol. The van der Waals surface area contributed by atoms with Crippen LogP contribution in [-0.2, 0) is 32.7 Å². The number of esters is 2. The van der Waals surface area contributed by atoms with Crippen LogP contribution in [0.4, 0.5) is 0 Å². The average Bonchev–Trinajstić information content (AvgIpc) is 3.11. The third kappa shape index (κ3) is 37.8. The van der Waals surface area contributed by atoms with Crippen molar-refractivity contribution in [2.75, 3.05) is 26.4 Å². The van der Waals surface area contributed by atoms with E-state index < -0.39 is 32.5 Å². The van der Waals surface area contributed by atoms with Crippen molar-refractivity contribution in [2.24, 2.45) is 5.73 Å². The number of ether oxygens (including phenoxy) is 2. The second-order valence-electron chi connectivity index (χ2n) is 13.5. The van der Waals surface area contributed by atoms with Crippen LogP contribution in [0.25, 0.3) is 0 Å². The number of nitrogens with two attached hydrogens (primary N) is 1. The summed E-state index contributed by atoms with van der Waals surface area (Å²) in [6.07, 6.45) is 40.2. The first-order valence-electron chi connectivity index (χ1n) is 20.5. The average molecular weight is 742 g/mol. The lowest BCUT2D eigenvalue weighted by molar-refractivity contribution is -0.161. The third-order valence-electron chi connectivity index (χ3n) is 8.53. The molecule has 0 amide bonds. The minimum atomic E-state index is -4.38. The zero-order valence-electron chi connectivity index (χ0n) is 32.6. The normalized spacial score (nSPS) is 13.7. The van der Waals surface area contributed by atoms with Crippen LogP contribution in [0.15, 0.2) is 36.5 Å². The number of phosphoric ester groups is 1. The highest BCUT2D eigenvalue weighted by molar-refractivity contribution is 7.47. The van der Waals surface area contributed by atoms with E-state index in [0.717, 1.165) is 51.4 Å². The molecule has 0 radical (unpaired) electrons. The highest BCUT2D eigenvalue weighted by Gasteiger charge is 2.26. The summed E-state index contributed by atoms with van der Waals surface area (Å²) < 4.78 is 32.7. The second kappa shape index (κ2) is 38.0.